The third-order valence-electron chi connectivity index (χ3n) is 4.58. The third-order valence-corrected chi connectivity index (χ3v) is 6.55. The number of rotatable bonds is 8. The average Bonchev–Trinajstić information content (AvgIpc) is 3.20. The zero-order valence-corrected chi connectivity index (χ0v) is 18.5. The molecule has 1 aliphatic carbocycles. The quantitative estimate of drug-likeness (QED) is 0.414. The topological polar surface area (TPSA) is 114 Å². The lowest BCUT2D eigenvalue weighted by atomic mass is 9.96. The average molecular weight is 452 g/mol. The number of carbonyl (C=O) groups is 2. The minimum Gasteiger partial charge on any atom is -0.497 e. The number of hydrogen-bond donors (Lipinski definition) is 3. The van der Waals surface area contributed by atoms with Crippen LogP contribution in [0.3, 0.4) is 0 Å². The number of methoxy groups -OCH3 is 2. The summed E-state index contributed by atoms with van der Waals surface area (Å²) in [6.07, 6.45) is 5.55. The number of benzene rings is 1. The fraction of sp³-hybridized carbons (Fsp3) is 0.474. The Hall–Kier alpha value is -2.53. The van der Waals surface area contributed by atoms with Crippen LogP contribution >= 0.6 is 23.1 Å². The van der Waals surface area contributed by atoms with Crippen LogP contribution in [-0.2, 0) is 4.79 Å². The van der Waals surface area contributed by atoms with Gasteiger partial charge in [0.25, 0.3) is 0 Å². The summed E-state index contributed by atoms with van der Waals surface area (Å²) in [5.74, 6) is 1.10. The summed E-state index contributed by atoms with van der Waals surface area (Å²) in [5, 5.41) is 16.9. The monoisotopic (exact) mass is 451 g/mol. The molecular weight excluding hydrogens is 426 g/mol. The van der Waals surface area contributed by atoms with Crippen molar-refractivity contribution in [2.45, 2.75) is 42.5 Å². The van der Waals surface area contributed by atoms with Gasteiger partial charge in [0, 0.05) is 12.1 Å². The maximum Gasteiger partial charge on any atom is 0.321 e. The molecule has 0 saturated heterocycles. The number of nitrogens with zero attached hydrogens (tertiary/aromatic N) is 2. The first kappa shape index (κ1) is 22.2. The highest BCUT2D eigenvalue weighted by molar-refractivity contribution is 8.01. The largest absolute Gasteiger partial charge is 0.497 e. The maximum absolute atomic E-state index is 12.3. The Balaban J connectivity index is 1.45. The van der Waals surface area contributed by atoms with E-state index in [0.717, 1.165) is 25.7 Å². The van der Waals surface area contributed by atoms with Gasteiger partial charge in [0.2, 0.25) is 11.0 Å². The van der Waals surface area contributed by atoms with Crippen LogP contribution in [0.15, 0.2) is 22.5 Å². The molecule has 11 heteroatoms. The molecule has 0 radical (unpaired) electrons. The molecular formula is C19H25N5O4S2. The van der Waals surface area contributed by atoms with Gasteiger partial charge in [0.15, 0.2) is 4.34 Å². The van der Waals surface area contributed by atoms with E-state index < -0.39 is 0 Å². The molecule has 162 valence electrons. The van der Waals surface area contributed by atoms with Gasteiger partial charge >= 0.3 is 6.03 Å². The van der Waals surface area contributed by atoms with Crippen molar-refractivity contribution in [3.8, 4) is 11.5 Å². The van der Waals surface area contributed by atoms with Crippen molar-refractivity contribution >= 4 is 45.9 Å². The van der Waals surface area contributed by atoms with Gasteiger partial charge in [-0.1, -0.05) is 42.4 Å². The number of anilines is 2. The Morgan fingerprint density at radius 2 is 1.93 bits per heavy atom. The lowest BCUT2D eigenvalue weighted by Crippen LogP contribution is -2.38. The molecule has 2 aromatic rings. The number of urea groups is 1. The van der Waals surface area contributed by atoms with Crippen LogP contribution in [0.1, 0.15) is 32.1 Å². The minimum absolute atomic E-state index is 0.151. The molecule has 0 unspecified atom stereocenters. The van der Waals surface area contributed by atoms with Gasteiger partial charge in [0.05, 0.1) is 25.7 Å². The molecule has 1 aliphatic rings. The summed E-state index contributed by atoms with van der Waals surface area (Å²) >= 11 is 2.48. The summed E-state index contributed by atoms with van der Waals surface area (Å²) in [6, 6.07) is 5.12. The Labute approximate surface area is 183 Å². The first-order valence-electron chi connectivity index (χ1n) is 9.63. The van der Waals surface area contributed by atoms with E-state index in [2.05, 4.69) is 26.1 Å². The summed E-state index contributed by atoms with van der Waals surface area (Å²) in [4.78, 5) is 24.4. The number of thioether (sulfide) groups is 1. The second-order valence-corrected chi connectivity index (χ2v) is 8.91. The number of amides is 3. The number of hydrogen-bond acceptors (Lipinski definition) is 8. The lowest BCUT2D eigenvalue weighted by Gasteiger charge is -2.22. The highest BCUT2D eigenvalue weighted by Gasteiger charge is 2.17. The molecule has 0 atom stereocenters. The maximum atomic E-state index is 12.3. The Bertz CT molecular complexity index is 870. The summed E-state index contributed by atoms with van der Waals surface area (Å²) in [6.45, 7) is 0. The SMILES string of the molecule is COc1ccc(NC(=O)CSc2nnc(NC(=O)NC3CCCCC3)s2)c(OC)c1. The number of nitrogens with one attached hydrogen (secondary N) is 3. The highest BCUT2D eigenvalue weighted by atomic mass is 32.2. The van der Waals surface area contributed by atoms with Crippen molar-refractivity contribution in [1.82, 2.24) is 15.5 Å². The first-order chi connectivity index (χ1) is 14.6. The minimum atomic E-state index is -0.265. The Morgan fingerprint density at radius 1 is 1.13 bits per heavy atom. The van der Waals surface area contributed by atoms with Crippen LogP contribution < -0.4 is 25.4 Å². The summed E-state index contributed by atoms with van der Waals surface area (Å²) in [5.41, 5.74) is 0.558. The summed E-state index contributed by atoms with van der Waals surface area (Å²) < 4.78 is 11.0. The number of carbonyl (C=O) groups excluding carboxylic acids is 2. The van der Waals surface area contributed by atoms with E-state index in [-0.39, 0.29) is 23.7 Å². The van der Waals surface area contributed by atoms with Gasteiger partial charge in [-0.2, -0.15) is 0 Å². The van der Waals surface area contributed by atoms with Crippen LogP contribution in [0.2, 0.25) is 0 Å². The van der Waals surface area contributed by atoms with Gasteiger partial charge in [-0.05, 0) is 25.0 Å². The summed E-state index contributed by atoms with van der Waals surface area (Å²) in [7, 11) is 3.09. The van der Waals surface area contributed by atoms with E-state index in [9.17, 15) is 9.59 Å². The smallest absolute Gasteiger partial charge is 0.321 e. The zero-order valence-electron chi connectivity index (χ0n) is 16.9. The van der Waals surface area contributed by atoms with Crippen molar-refractivity contribution in [2.24, 2.45) is 0 Å². The third kappa shape index (κ3) is 6.49. The van der Waals surface area contributed by atoms with Crippen LogP contribution in [0.25, 0.3) is 0 Å². The van der Waals surface area contributed by atoms with Crippen LogP contribution in [0, 0.1) is 0 Å². The zero-order chi connectivity index (χ0) is 21.3. The molecule has 30 heavy (non-hydrogen) atoms. The molecule has 0 aliphatic heterocycles. The molecule has 3 rings (SSSR count). The van der Waals surface area contributed by atoms with Gasteiger partial charge in [-0.25, -0.2) is 4.79 Å². The van der Waals surface area contributed by atoms with Crippen molar-refractivity contribution in [2.75, 3.05) is 30.6 Å². The van der Waals surface area contributed by atoms with Crippen molar-refractivity contribution in [3.63, 3.8) is 0 Å². The van der Waals surface area contributed by atoms with E-state index in [1.54, 1.807) is 25.3 Å². The number of ether oxygens (including phenoxy) is 2. The second-order valence-electron chi connectivity index (χ2n) is 6.71. The molecule has 1 heterocycles. The van der Waals surface area contributed by atoms with E-state index in [1.807, 2.05) is 0 Å². The molecule has 0 spiro atoms. The predicted molar refractivity (Wildman–Crippen MR) is 118 cm³/mol. The van der Waals surface area contributed by atoms with Crippen LogP contribution in [0.4, 0.5) is 15.6 Å². The van der Waals surface area contributed by atoms with Crippen molar-refractivity contribution < 1.29 is 19.1 Å². The molecule has 3 amide bonds. The first-order valence-corrected chi connectivity index (χ1v) is 11.4. The lowest BCUT2D eigenvalue weighted by molar-refractivity contribution is -0.113. The molecule has 0 bridgehead atoms. The van der Waals surface area contributed by atoms with Crippen LogP contribution in [-0.4, -0.2) is 48.1 Å². The Kier molecular flexibility index (Phi) is 8.14. The molecule has 9 nitrogen and oxygen atoms in total. The van der Waals surface area contributed by atoms with E-state index in [4.69, 9.17) is 9.47 Å². The van der Waals surface area contributed by atoms with Crippen molar-refractivity contribution in [1.29, 1.82) is 0 Å². The fourth-order valence-corrected chi connectivity index (χ4v) is 4.65. The normalized spacial score (nSPS) is 14.1. The molecule has 1 aromatic heterocycles. The van der Waals surface area contributed by atoms with E-state index in [0.29, 0.717) is 26.7 Å². The molecule has 1 fully saturated rings. The predicted octanol–water partition coefficient (Wildman–Crippen LogP) is 3.74. The highest BCUT2D eigenvalue weighted by Crippen LogP contribution is 2.30. The molecule has 3 N–H and O–H groups in total. The molecule has 1 saturated carbocycles. The van der Waals surface area contributed by atoms with Gasteiger partial charge in [-0.3, -0.25) is 10.1 Å². The van der Waals surface area contributed by atoms with Crippen LogP contribution in [0.5, 0.6) is 11.5 Å². The van der Waals surface area contributed by atoms with E-state index >= 15 is 0 Å². The second kappa shape index (κ2) is 11.0. The standard InChI is InChI=1S/C19H25N5O4S2/c1-27-13-8-9-14(15(10-13)28-2)21-16(25)11-29-19-24-23-18(30-19)22-17(26)20-12-6-4-3-5-7-12/h8-10,12H,3-7,11H2,1-2H3,(H,21,25)(H2,20,22,23,26). The number of aromatic nitrogens is 2. The van der Waals surface area contributed by atoms with Gasteiger partial charge < -0.3 is 20.1 Å². The van der Waals surface area contributed by atoms with Crippen molar-refractivity contribution in [3.05, 3.63) is 18.2 Å². The van der Waals surface area contributed by atoms with Gasteiger partial charge in [0.1, 0.15) is 11.5 Å². The van der Waals surface area contributed by atoms with E-state index in [1.165, 1.54) is 36.6 Å². The van der Waals surface area contributed by atoms with Gasteiger partial charge in [-0.15, -0.1) is 10.2 Å². The fourth-order valence-electron chi connectivity index (χ4n) is 3.10. The molecule has 1 aromatic carbocycles. The Morgan fingerprint density at radius 3 is 2.67 bits per heavy atom.